The van der Waals surface area contributed by atoms with Crippen LogP contribution in [0.1, 0.15) is 47.5 Å². The molecule has 0 bridgehead atoms. The van der Waals surface area contributed by atoms with E-state index in [0.29, 0.717) is 11.3 Å². The van der Waals surface area contributed by atoms with E-state index in [1.165, 1.54) is 12.8 Å². The van der Waals surface area contributed by atoms with Crippen molar-refractivity contribution in [3.63, 3.8) is 0 Å². The van der Waals surface area contributed by atoms with E-state index in [0.717, 1.165) is 17.6 Å². The average Bonchev–Trinajstić information content (AvgIpc) is 2.13. The zero-order valence-electron chi connectivity index (χ0n) is 10.7. The number of hydrogen-bond donors (Lipinski definition) is 2. The maximum absolute atomic E-state index is 4.88. The Morgan fingerprint density at radius 1 is 1.33 bits per heavy atom. The minimum atomic E-state index is 0.197. The van der Waals surface area contributed by atoms with Gasteiger partial charge in [-0.2, -0.15) is 25.3 Å². The van der Waals surface area contributed by atoms with Gasteiger partial charge in [-0.1, -0.05) is 34.6 Å². The molecule has 4 unspecified atom stereocenters. The molecule has 0 spiro atoms. The van der Waals surface area contributed by atoms with Crippen LogP contribution >= 0.6 is 25.3 Å². The molecule has 0 aromatic heterocycles. The Morgan fingerprint density at radius 2 is 1.87 bits per heavy atom. The predicted molar refractivity (Wildman–Crippen MR) is 76.1 cm³/mol. The number of hydrogen-bond acceptors (Lipinski definition) is 2. The van der Waals surface area contributed by atoms with Gasteiger partial charge in [0.1, 0.15) is 0 Å². The Labute approximate surface area is 106 Å². The first-order valence-electron chi connectivity index (χ1n) is 6.04. The van der Waals surface area contributed by atoms with Crippen molar-refractivity contribution in [3.8, 4) is 0 Å². The van der Waals surface area contributed by atoms with Gasteiger partial charge in [0.25, 0.3) is 0 Å². The fourth-order valence-electron chi connectivity index (χ4n) is 2.76. The van der Waals surface area contributed by atoms with Crippen LogP contribution in [0.25, 0.3) is 0 Å². The van der Waals surface area contributed by atoms with Crippen molar-refractivity contribution in [3.05, 3.63) is 0 Å². The molecule has 0 saturated heterocycles. The summed E-state index contributed by atoms with van der Waals surface area (Å²) in [4.78, 5) is 0. The number of thiol groups is 2. The lowest BCUT2D eigenvalue weighted by Crippen LogP contribution is -2.44. The third-order valence-corrected chi connectivity index (χ3v) is 6.07. The molecule has 15 heavy (non-hydrogen) atoms. The minimum Gasteiger partial charge on any atom is -0.179 e. The van der Waals surface area contributed by atoms with Crippen LogP contribution < -0.4 is 0 Å². The highest BCUT2D eigenvalue weighted by Gasteiger charge is 2.43. The topological polar surface area (TPSA) is 0 Å². The van der Waals surface area contributed by atoms with Crippen LogP contribution in [0.15, 0.2) is 0 Å². The van der Waals surface area contributed by atoms with Gasteiger partial charge in [-0.15, -0.1) is 0 Å². The molecule has 1 aliphatic rings. The molecule has 1 rings (SSSR count). The maximum Gasteiger partial charge on any atom is 0.0132 e. The monoisotopic (exact) mass is 246 g/mol. The van der Waals surface area contributed by atoms with E-state index in [1.807, 2.05) is 0 Å². The molecule has 0 amide bonds. The molecule has 0 nitrogen and oxygen atoms in total. The summed E-state index contributed by atoms with van der Waals surface area (Å²) < 4.78 is 0.197. The van der Waals surface area contributed by atoms with Gasteiger partial charge in [0.05, 0.1) is 0 Å². The Bertz CT molecular complexity index is 221. The van der Waals surface area contributed by atoms with Crippen LogP contribution in [0.5, 0.6) is 0 Å². The quantitative estimate of drug-likeness (QED) is 0.666. The van der Waals surface area contributed by atoms with E-state index in [-0.39, 0.29) is 4.75 Å². The third-order valence-electron chi connectivity index (χ3n) is 4.66. The second-order valence-electron chi connectivity index (χ2n) is 6.41. The molecule has 0 aromatic rings. The summed E-state index contributed by atoms with van der Waals surface area (Å²) in [6.45, 7) is 11.7. The van der Waals surface area contributed by atoms with Crippen molar-refractivity contribution in [2.45, 2.75) is 52.2 Å². The summed E-state index contributed by atoms with van der Waals surface area (Å²) in [6.07, 6.45) is 2.57. The predicted octanol–water partition coefficient (Wildman–Crippen LogP) is 4.31. The first kappa shape index (κ1) is 13.8. The highest BCUT2D eigenvalue weighted by atomic mass is 32.1. The van der Waals surface area contributed by atoms with Gasteiger partial charge in [0, 0.05) is 4.75 Å². The highest BCUT2D eigenvalue weighted by molar-refractivity contribution is 7.81. The Hall–Kier alpha value is 0.700. The van der Waals surface area contributed by atoms with Gasteiger partial charge in [-0.3, -0.25) is 0 Å². The van der Waals surface area contributed by atoms with Crippen molar-refractivity contribution in [2.75, 3.05) is 5.75 Å². The van der Waals surface area contributed by atoms with Crippen LogP contribution in [-0.2, 0) is 0 Å². The Kier molecular flexibility index (Phi) is 4.15. The molecule has 1 saturated carbocycles. The molecule has 0 heterocycles. The molecule has 2 heteroatoms. The standard InChI is InChI=1S/C13H26S2/c1-9-6-11(12(3,4)8-14)7-13(5,15)10(9)2/h9-11,14-15H,6-8H2,1-5H3. The molecule has 0 aromatic carbocycles. The summed E-state index contributed by atoms with van der Waals surface area (Å²) in [5, 5.41) is 0. The molecular formula is C13H26S2. The molecule has 1 fully saturated rings. The summed E-state index contributed by atoms with van der Waals surface area (Å²) >= 11 is 9.37. The number of rotatable bonds is 2. The fourth-order valence-corrected chi connectivity index (χ4v) is 3.49. The van der Waals surface area contributed by atoms with Crippen LogP contribution in [0.2, 0.25) is 0 Å². The summed E-state index contributed by atoms with van der Waals surface area (Å²) in [6, 6.07) is 0. The largest absolute Gasteiger partial charge is 0.179 e. The van der Waals surface area contributed by atoms with Crippen LogP contribution in [0, 0.1) is 23.2 Å². The minimum absolute atomic E-state index is 0.197. The second kappa shape index (κ2) is 4.52. The second-order valence-corrected chi connectivity index (χ2v) is 7.74. The van der Waals surface area contributed by atoms with Gasteiger partial charge in [-0.05, 0) is 41.8 Å². The van der Waals surface area contributed by atoms with Crippen LogP contribution in [0.3, 0.4) is 0 Å². The van der Waals surface area contributed by atoms with E-state index in [9.17, 15) is 0 Å². The van der Waals surface area contributed by atoms with Crippen molar-refractivity contribution in [1.82, 2.24) is 0 Å². The highest BCUT2D eigenvalue weighted by Crippen LogP contribution is 2.50. The van der Waals surface area contributed by atoms with E-state index in [2.05, 4.69) is 47.2 Å². The fraction of sp³-hybridized carbons (Fsp3) is 1.00. The van der Waals surface area contributed by atoms with Crippen molar-refractivity contribution in [2.24, 2.45) is 23.2 Å². The van der Waals surface area contributed by atoms with E-state index in [4.69, 9.17) is 12.6 Å². The van der Waals surface area contributed by atoms with E-state index >= 15 is 0 Å². The summed E-state index contributed by atoms with van der Waals surface area (Å²) in [5.74, 6) is 3.24. The normalized spacial score (nSPS) is 43.0. The van der Waals surface area contributed by atoms with Crippen molar-refractivity contribution < 1.29 is 0 Å². The third kappa shape index (κ3) is 2.88. The smallest absolute Gasteiger partial charge is 0.0132 e. The molecule has 0 aliphatic heterocycles. The zero-order chi connectivity index (χ0) is 11.9. The first-order chi connectivity index (χ1) is 6.70. The molecule has 4 atom stereocenters. The van der Waals surface area contributed by atoms with Crippen LogP contribution in [0.4, 0.5) is 0 Å². The molecular weight excluding hydrogens is 220 g/mol. The Morgan fingerprint density at radius 3 is 2.27 bits per heavy atom. The molecule has 90 valence electrons. The van der Waals surface area contributed by atoms with Gasteiger partial charge in [0.2, 0.25) is 0 Å². The lowest BCUT2D eigenvalue weighted by atomic mass is 9.62. The Balaban J connectivity index is 2.81. The summed E-state index contributed by atoms with van der Waals surface area (Å²) in [5.41, 5.74) is 0.349. The van der Waals surface area contributed by atoms with Gasteiger partial charge in [-0.25, -0.2) is 0 Å². The lowest BCUT2D eigenvalue weighted by Gasteiger charge is -2.49. The van der Waals surface area contributed by atoms with Crippen LogP contribution in [-0.4, -0.2) is 10.5 Å². The van der Waals surface area contributed by atoms with Crippen molar-refractivity contribution in [1.29, 1.82) is 0 Å². The molecule has 0 radical (unpaired) electrons. The summed E-state index contributed by atoms with van der Waals surface area (Å²) in [7, 11) is 0. The average molecular weight is 246 g/mol. The zero-order valence-corrected chi connectivity index (χ0v) is 12.5. The maximum atomic E-state index is 4.88. The molecule has 0 N–H and O–H groups in total. The lowest BCUT2D eigenvalue weighted by molar-refractivity contribution is 0.0917. The van der Waals surface area contributed by atoms with E-state index in [1.54, 1.807) is 0 Å². The molecule has 1 aliphatic carbocycles. The van der Waals surface area contributed by atoms with Gasteiger partial charge in [0.15, 0.2) is 0 Å². The SMILES string of the molecule is CC1CC(C(C)(C)CS)CC(C)(S)C1C. The van der Waals surface area contributed by atoms with Crippen molar-refractivity contribution >= 4 is 25.3 Å². The van der Waals surface area contributed by atoms with Gasteiger partial charge >= 0.3 is 0 Å². The van der Waals surface area contributed by atoms with E-state index < -0.39 is 0 Å². The van der Waals surface area contributed by atoms with Gasteiger partial charge < -0.3 is 0 Å². The first-order valence-corrected chi connectivity index (χ1v) is 7.12.